The van der Waals surface area contributed by atoms with Gasteiger partial charge < -0.3 is 19.7 Å². The van der Waals surface area contributed by atoms with E-state index >= 15 is 0 Å². The molecule has 1 N–H and O–H groups in total. The third kappa shape index (κ3) is 5.84. The maximum absolute atomic E-state index is 12.5. The molecule has 0 unspecified atom stereocenters. The van der Waals surface area contributed by atoms with E-state index in [0.717, 1.165) is 37.1 Å². The molecule has 2 amide bonds. The van der Waals surface area contributed by atoms with E-state index in [9.17, 15) is 4.79 Å². The number of anilines is 1. The molecule has 1 aromatic carbocycles. The molecule has 7 nitrogen and oxygen atoms in total. The van der Waals surface area contributed by atoms with Gasteiger partial charge in [-0.25, -0.2) is 9.78 Å². The minimum atomic E-state index is -0.0871. The van der Waals surface area contributed by atoms with Gasteiger partial charge in [-0.1, -0.05) is 13.3 Å². The summed E-state index contributed by atoms with van der Waals surface area (Å²) in [7, 11) is 0. The van der Waals surface area contributed by atoms with Crippen LogP contribution in [-0.4, -0.2) is 46.7 Å². The van der Waals surface area contributed by atoms with E-state index in [1.807, 2.05) is 36.1 Å². The second-order valence-corrected chi connectivity index (χ2v) is 6.90. The third-order valence-corrected chi connectivity index (χ3v) is 4.64. The Morgan fingerprint density at radius 2 is 1.96 bits per heavy atom. The minimum Gasteiger partial charge on any atom is -0.494 e. The number of aromatic nitrogens is 2. The van der Waals surface area contributed by atoms with E-state index < -0.39 is 0 Å². The topological polar surface area (TPSA) is 76.6 Å². The number of piperidine rings is 1. The van der Waals surface area contributed by atoms with Gasteiger partial charge >= 0.3 is 6.03 Å². The van der Waals surface area contributed by atoms with Crippen LogP contribution in [0.25, 0.3) is 0 Å². The van der Waals surface area contributed by atoms with Crippen LogP contribution in [0.5, 0.6) is 11.6 Å². The van der Waals surface area contributed by atoms with Crippen molar-refractivity contribution in [3.8, 4) is 11.6 Å². The number of nitrogens with zero attached hydrogens (tertiary/aromatic N) is 3. The van der Waals surface area contributed by atoms with Crippen LogP contribution in [-0.2, 0) is 0 Å². The minimum absolute atomic E-state index is 0.0675. The van der Waals surface area contributed by atoms with Crippen LogP contribution >= 0.6 is 0 Å². The number of carbonyl (C=O) groups is 1. The number of ether oxygens (including phenoxy) is 2. The average molecular weight is 384 g/mol. The van der Waals surface area contributed by atoms with Crippen LogP contribution in [0.2, 0.25) is 0 Å². The van der Waals surface area contributed by atoms with Crippen molar-refractivity contribution in [3.63, 3.8) is 0 Å². The zero-order chi connectivity index (χ0) is 19.8. The standard InChI is InChI=1S/C21H28N4O3/c1-3-4-15-27-18-7-5-17(6-8-18)24-21(26)25-13-10-19(11-14-25)28-20-9-12-22-16(2)23-20/h5-9,12,19H,3-4,10-11,13-15H2,1-2H3,(H,24,26). The van der Waals surface area contributed by atoms with Gasteiger partial charge in [0.25, 0.3) is 0 Å². The normalized spacial score (nSPS) is 14.6. The zero-order valence-electron chi connectivity index (χ0n) is 16.6. The molecule has 3 rings (SSSR count). The fraction of sp³-hybridized carbons (Fsp3) is 0.476. The molecule has 0 aliphatic carbocycles. The Morgan fingerprint density at radius 3 is 2.64 bits per heavy atom. The van der Waals surface area contributed by atoms with E-state index in [1.54, 1.807) is 12.3 Å². The van der Waals surface area contributed by atoms with Crippen molar-refractivity contribution < 1.29 is 14.3 Å². The quantitative estimate of drug-likeness (QED) is 0.729. The highest BCUT2D eigenvalue weighted by Crippen LogP contribution is 2.19. The highest BCUT2D eigenvalue weighted by atomic mass is 16.5. The number of amides is 2. The van der Waals surface area contributed by atoms with Gasteiger partial charge in [-0.05, 0) is 37.6 Å². The molecule has 1 aromatic heterocycles. The number of nitrogens with one attached hydrogen (secondary N) is 1. The Kier molecular flexibility index (Phi) is 7.06. The lowest BCUT2D eigenvalue weighted by Gasteiger charge is -2.32. The number of carbonyl (C=O) groups excluding carboxylic acids is 1. The number of aryl methyl sites for hydroxylation is 1. The van der Waals surface area contributed by atoms with Crippen molar-refractivity contribution in [3.05, 3.63) is 42.4 Å². The van der Waals surface area contributed by atoms with Gasteiger partial charge in [-0.3, -0.25) is 0 Å². The summed E-state index contributed by atoms with van der Waals surface area (Å²) in [4.78, 5) is 22.7. The van der Waals surface area contributed by atoms with Crippen LogP contribution in [0.15, 0.2) is 36.5 Å². The van der Waals surface area contributed by atoms with E-state index in [0.29, 0.717) is 31.4 Å². The van der Waals surface area contributed by atoms with Crippen molar-refractivity contribution in [1.82, 2.24) is 14.9 Å². The van der Waals surface area contributed by atoms with Gasteiger partial charge in [0, 0.05) is 43.9 Å². The van der Waals surface area contributed by atoms with Crippen LogP contribution in [0, 0.1) is 6.92 Å². The van der Waals surface area contributed by atoms with Crippen molar-refractivity contribution in [2.75, 3.05) is 25.0 Å². The van der Waals surface area contributed by atoms with E-state index in [2.05, 4.69) is 22.2 Å². The average Bonchev–Trinajstić information content (AvgIpc) is 2.70. The predicted molar refractivity (Wildman–Crippen MR) is 108 cm³/mol. The molecule has 150 valence electrons. The highest BCUT2D eigenvalue weighted by Gasteiger charge is 2.24. The predicted octanol–water partition coefficient (Wildman–Crippen LogP) is 4.04. The van der Waals surface area contributed by atoms with Crippen LogP contribution in [0.3, 0.4) is 0 Å². The van der Waals surface area contributed by atoms with Gasteiger partial charge in [0.05, 0.1) is 6.61 Å². The summed E-state index contributed by atoms with van der Waals surface area (Å²) < 4.78 is 11.6. The maximum atomic E-state index is 12.5. The summed E-state index contributed by atoms with van der Waals surface area (Å²) in [5.74, 6) is 2.11. The van der Waals surface area contributed by atoms with Crippen LogP contribution in [0.1, 0.15) is 38.4 Å². The fourth-order valence-electron chi connectivity index (χ4n) is 3.02. The molecule has 1 aliphatic rings. The molecule has 0 bridgehead atoms. The first-order valence-corrected chi connectivity index (χ1v) is 9.89. The molecule has 0 radical (unpaired) electrons. The third-order valence-electron chi connectivity index (χ3n) is 4.64. The monoisotopic (exact) mass is 384 g/mol. The molecule has 0 atom stereocenters. The van der Waals surface area contributed by atoms with Crippen molar-refractivity contribution in [2.24, 2.45) is 0 Å². The van der Waals surface area contributed by atoms with E-state index in [-0.39, 0.29) is 12.1 Å². The van der Waals surface area contributed by atoms with Gasteiger partial charge in [-0.15, -0.1) is 0 Å². The summed E-state index contributed by atoms with van der Waals surface area (Å²) in [6.07, 6.45) is 5.46. The smallest absolute Gasteiger partial charge is 0.321 e. The number of hydrogen-bond donors (Lipinski definition) is 1. The molecule has 1 saturated heterocycles. The van der Waals surface area contributed by atoms with Crippen LogP contribution in [0.4, 0.5) is 10.5 Å². The lowest BCUT2D eigenvalue weighted by molar-refractivity contribution is 0.111. The molecule has 2 heterocycles. The van der Waals surface area contributed by atoms with Gasteiger partial charge in [0.2, 0.25) is 5.88 Å². The summed E-state index contributed by atoms with van der Waals surface area (Å²) in [6, 6.07) is 9.18. The largest absolute Gasteiger partial charge is 0.494 e. The second-order valence-electron chi connectivity index (χ2n) is 6.90. The number of rotatable bonds is 7. The molecule has 1 aliphatic heterocycles. The first-order chi connectivity index (χ1) is 13.6. The number of benzene rings is 1. The molecular formula is C21H28N4O3. The first kappa shape index (κ1) is 19.9. The Hall–Kier alpha value is -2.83. The van der Waals surface area contributed by atoms with E-state index in [4.69, 9.17) is 9.47 Å². The molecule has 0 saturated carbocycles. The summed E-state index contributed by atoms with van der Waals surface area (Å²) in [6.45, 7) is 5.99. The second kappa shape index (κ2) is 9.92. The van der Waals surface area contributed by atoms with Crippen LogP contribution < -0.4 is 14.8 Å². The first-order valence-electron chi connectivity index (χ1n) is 9.89. The van der Waals surface area contributed by atoms with Crippen molar-refractivity contribution in [2.45, 2.75) is 45.6 Å². The SMILES string of the molecule is CCCCOc1ccc(NC(=O)N2CCC(Oc3ccnc(C)n3)CC2)cc1. The number of urea groups is 1. The lowest BCUT2D eigenvalue weighted by atomic mass is 10.1. The maximum Gasteiger partial charge on any atom is 0.321 e. The number of likely N-dealkylation sites (tertiary alicyclic amines) is 1. The zero-order valence-corrected chi connectivity index (χ0v) is 16.6. The Labute approximate surface area is 166 Å². The number of hydrogen-bond acceptors (Lipinski definition) is 5. The Bertz CT molecular complexity index is 759. The molecule has 1 fully saturated rings. The van der Waals surface area contributed by atoms with Crippen molar-refractivity contribution >= 4 is 11.7 Å². The molecule has 7 heteroatoms. The molecule has 28 heavy (non-hydrogen) atoms. The van der Waals surface area contributed by atoms with Gasteiger partial charge in [0.15, 0.2) is 0 Å². The Morgan fingerprint density at radius 1 is 1.21 bits per heavy atom. The van der Waals surface area contributed by atoms with Crippen molar-refractivity contribution in [1.29, 1.82) is 0 Å². The fourth-order valence-corrected chi connectivity index (χ4v) is 3.02. The number of unbranched alkanes of at least 4 members (excludes halogenated alkanes) is 1. The van der Waals surface area contributed by atoms with Gasteiger partial charge in [0.1, 0.15) is 17.7 Å². The molecule has 2 aromatic rings. The van der Waals surface area contributed by atoms with E-state index in [1.165, 1.54) is 0 Å². The summed E-state index contributed by atoms with van der Waals surface area (Å²) in [5.41, 5.74) is 0.766. The van der Waals surface area contributed by atoms with Gasteiger partial charge in [-0.2, -0.15) is 4.98 Å². The highest BCUT2D eigenvalue weighted by molar-refractivity contribution is 5.89. The molecule has 0 spiro atoms. The summed E-state index contributed by atoms with van der Waals surface area (Å²) in [5, 5.41) is 2.95. The summed E-state index contributed by atoms with van der Waals surface area (Å²) >= 11 is 0. The molecular weight excluding hydrogens is 356 g/mol. The Balaban J connectivity index is 1.43. The lowest BCUT2D eigenvalue weighted by Crippen LogP contribution is -2.43.